The summed E-state index contributed by atoms with van der Waals surface area (Å²) in [5.41, 5.74) is 9.62. The summed E-state index contributed by atoms with van der Waals surface area (Å²) in [5, 5.41) is 26.0. The summed E-state index contributed by atoms with van der Waals surface area (Å²) in [6, 6.07) is 5.81. The van der Waals surface area contributed by atoms with E-state index >= 15 is 0 Å². The normalized spacial score (nSPS) is 12.8. The monoisotopic (exact) mass is 375 g/mol. The van der Waals surface area contributed by atoms with Gasteiger partial charge in [-0.05, 0) is 26.0 Å². The highest BCUT2D eigenvalue weighted by Crippen LogP contribution is 2.14. The molecule has 0 aliphatic carbocycles. The van der Waals surface area contributed by atoms with Gasteiger partial charge in [-0.15, -0.1) is 0 Å². The Kier molecular flexibility index (Phi) is 12.1. The molecule has 9 nitrogen and oxygen atoms in total. The van der Waals surface area contributed by atoms with Gasteiger partial charge in [-0.3, -0.25) is 9.79 Å². The van der Waals surface area contributed by atoms with Gasteiger partial charge in [0.1, 0.15) is 16.9 Å². The van der Waals surface area contributed by atoms with Gasteiger partial charge < -0.3 is 32.3 Å². The van der Waals surface area contributed by atoms with Crippen LogP contribution in [0.2, 0.25) is 0 Å². The number of nitrogens with two attached hydrogens (primary N) is 2. The first-order chi connectivity index (χ1) is 11.1. The zero-order chi connectivity index (χ0) is 18.8. The lowest BCUT2D eigenvalue weighted by Gasteiger charge is -2.17. The van der Waals surface area contributed by atoms with E-state index in [2.05, 4.69) is 4.99 Å². The number of phenols is 1. The molecule has 1 aromatic rings. The zero-order valence-corrected chi connectivity index (χ0v) is 14.9. The first kappa shape index (κ1) is 24.9. The maximum Gasteiger partial charge on any atom is 0.339 e. The predicted octanol–water partition coefficient (Wildman–Crippen LogP) is 0.164. The third kappa shape index (κ3) is 11.0. The summed E-state index contributed by atoms with van der Waals surface area (Å²) >= 11 is 1.46. The molecule has 0 bridgehead atoms. The second-order valence-electron chi connectivity index (χ2n) is 5.12. The van der Waals surface area contributed by atoms with Gasteiger partial charge in [0, 0.05) is 18.1 Å². The lowest BCUT2D eigenvalue weighted by molar-refractivity contribution is -0.141. The number of amidine groups is 1. The van der Waals surface area contributed by atoms with E-state index in [1.165, 1.54) is 30.8 Å². The molecule has 10 heteroatoms. The highest BCUT2D eigenvalue weighted by molar-refractivity contribution is 7.99. The van der Waals surface area contributed by atoms with Gasteiger partial charge in [0.2, 0.25) is 0 Å². The number of aromatic carboxylic acids is 1. The van der Waals surface area contributed by atoms with Crippen LogP contribution in [-0.2, 0) is 4.79 Å². The number of aliphatic carboxylic acids is 1. The highest BCUT2D eigenvalue weighted by atomic mass is 32.2. The van der Waals surface area contributed by atoms with Crippen LogP contribution in [0, 0.1) is 0 Å². The van der Waals surface area contributed by atoms with Crippen LogP contribution in [0.1, 0.15) is 24.2 Å². The van der Waals surface area contributed by atoms with Gasteiger partial charge in [-0.25, -0.2) is 4.79 Å². The average molecular weight is 375 g/mol. The van der Waals surface area contributed by atoms with E-state index in [1.54, 1.807) is 19.1 Å². The third-order valence-corrected chi connectivity index (χ3v) is 3.90. The first-order valence-electron chi connectivity index (χ1n) is 6.95. The van der Waals surface area contributed by atoms with Crippen LogP contribution < -0.4 is 11.5 Å². The fourth-order valence-electron chi connectivity index (χ4n) is 1.29. The van der Waals surface area contributed by atoms with Crippen molar-refractivity contribution < 1.29 is 30.4 Å². The minimum atomic E-state index is -1.16. The molecule has 0 aliphatic rings. The molecule has 0 saturated carbocycles. The number of thioether (sulfide) groups is 1. The van der Waals surface area contributed by atoms with Gasteiger partial charge in [0.15, 0.2) is 0 Å². The fraction of sp³-hybridized carbons (Fsp3) is 0.400. The Morgan fingerprint density at radius 2 is 1.84 bits per heavy atom. The number of carbonyl (C=O) groups is 2. The Morgan fingerprint density at radius 1 is 1.28 bits per heavy atom. The van der Waals surface area contributed by atoms with Crippen LogP contribution in [0.3, 0.4) is 0 Å². The number of aliphatic imine (C=N–C) groups is 1. The van der Waals surface area contributed by atoms with E-state index in [0.29, 0.717) is 18.1 Å². The van der Waals surface area contributed by atoms with Crippen molar-refractivity contribution in [2.45, 2.75) is 19.4 Å². The average Bonchev–Trinajstić information content (AvgIpc) is 2.47. The van der Waals surface area contributed by atoms with Crippen molar-refractivity contribution in [1.82, 2.24) is 0 Å². The predicted molar refractivity (Wildman–Crippen MR) is 98.4 cm³/mol. The summed E-state index contributed by atoms with van der Waals surface area (Å²) in [4.78, 5) is 24.8. The molecule has 0 heterocycles. The third-order valence-electron chi connectivity index (χ3n) is 2.62. The number of para-hydroxylation sites is 1. The van der Waals surface area contributed by atoms with Crippen LogP contribution >= 0.6 is 11.8 Å². The molecule has 9 N–H and O–H groups in total. The van der Waals surface area contributed by atoms with Crippen molar-refractivity contribution >= 4 is 29.5 Å². The lowest BCUT2D eigenvalue weighted by atomic mass is 10.1. The smallest absolute Gasteiger partial charge is 0.339 e. The number of benzene rings is 1. The molecule has 0 saturated heterocycles. The first-order valence-corrected chi connectivity index (χ1v) is 8.11. The molecular formula is C15H25N3O6S. The number of rotatable bonds is 7. The Labute approximate surface area is 150 Å². The molecule has 0 fully saturated rings. The molecule has 142 valence electrons. The van der Waals surface area contributed by atoms with E-state index < -0.39 is 17.5 Å². The van der Waals surface area contributed by atoms with Gasteiger partial charge in [0.05, 0.1) is 5.84 Å². The molecule has 0 unspecified atom stereocenters. The SMILES string of the molecule is CC(N)=NCCSC[C@](C)(N)C(=O)O.O.O=C(O)c1ccccc1O. The van der Waals surface area contributed by atoms with Gasteiger partial charge >= 0.3 is 11.9 Å². The van der Waals surface area contributed by atoms with Crippen LogP contribution in [0.4, 0.5) is 0 Å². The Hall–Kier alpha value is -2.30. The largest absolute Gasteiger partial charge is 0.507 e. The number of nitrogens with zero attached hydrogens (tertiary/aromatic N) is 1. The second-order valence-corrected chi connectivity index (χ2v) is 6.23. The molecule has 0 spiro atoms. The Balaban J connectivity index is 0. The Morgan fingerprint density at radius 3 is 2.24 bits per heavy atom. The zero-order valence-electron chi connectivity index (χ0n) is 14.1. The molecule has 1 rings (SSSR count). The van der Waals surface area contributed by atoms with E-state index in [1.807, 2.05) is 0 Å². The molecule has 0 radical (unpaired) electrons. The van der Waals surface area contributed by atoms with Crippen LogP contribution in [0.15, 0.2) is 29.3 Å². The quantitative estimate of drug-likeness (QED) is 0.253. The number of hydrogen-bond donors (Lipinski definition) is 5. The second kappa shape index (κ2) is 12.1. The van der Waals surface area contributed by atoms with Gasteiger partial charge in [-0.2, -0.15) is 11.8 Å². The van der Waals surface area contributed by atoms with Crippen molar-refractivity contribution in [2.75, 3.05) is 18.1 Å². The van der Waals surface area contributed by atoms with Crippen molar-refractivity contribution in [1.29, 1.82) is 0 Å². The molecule has 0 amide bonds. The summed E-state index contributed by atoms with van der Waals surface area (Å²) in [7, 11) is 0. The van der Waals surface area contributed by atoms with Gasteiger partial charge in [0.25, 0.3) is 0 Å². The lowest BCUT2D eigenvalue weighted by Crippen LogP contribution is -2.47. The minimum absolute atomic E-state index is 0. The molecular weight excluding hydrogens is 350 g/mol. The number of hydrogen-bond acceptors (Lipinski definition) is 6. The number of carboxylic acids is 2. The highest BCUT2D eigenvalue weighted by Gasteiger charge is 2.27. The van der Waals surface area contributed by atoms with E-state index in [-0.39, 0.29) is 16.8 Å². The molecule has 25 heavy (non-hydrogen) atoms. The standard InChI is InChI=1S/C8H17N3O2S.C7H6O3.H2O/c1-6(9)11-3-4-14-5-8(2,10)7(12)13;8-6-4-2-1-3-5(6)7(9)10;/h3-5,10H2,1-2H3,(H2,9,11)(H,12,13);1-4,8H,(H,9,10);1H2/t8-;;/m0../s1. The van der Waals surface area contributed by atoms with E-state index in [0.717, 1.165) is 5.75 Å². The van der Waals surface area contributed by atoms with Crippen LogP contribution in [-0.4, -0.2) is 62.2 Å². The van der Waals surface area contributed by atoms with E-state index in [9.17, 15) is 9.59 Å². The maximum absolute atomic E-state index is 10.6. The summed E-state index contributed by atoms with van der Waals surface area (Å²) in [5.74, 6) is -0.647. The summed E-state index contributed by atoms with van der Waals surface area (Å²) in [6.45, 7) is 3.82. The topological polar surface area (TPSA) is 191 Å². The maximum atomic E-state index is 10.6. The van der Waals surface area contributed by atoms with E-state index in [4.69, 9.17) is 26.8 Å². The van der Waals surface area contributed by atoms with Crippen molar-refractivity contribution in [3.8, 4) is 5.75 Å². The Bertz CT molecular complexity index is 588. The molecule has 0 aliphatic heterocycles. The van der Waals surface area contributed by atoms with Gasteiger partial charge in [-0.1, -0.05) is 12.1 Å². The molecule has 1 atom stereocenters. The van der Waals surface area contributed by atoms with Crippen LogP contribution in [0.5, 0.6) is 5.75 Å². The fourth-order valence-corrected chi connectivity index (χ4v) is 2.20. The van der Waals surface area contributed by atoms with Crippen molar-refractivity contribution in [2.24, 2.45) is 16.5 Å². The minimum Gasteiger partial charge on any atom is -0.507 e. The summed E-state index contributed by atoms with van der Waals surface area (Å²) < 4.78 is 0. The van der Waals surface area contributed by atoms with Crippen molar-refractivity contribution in [3.63, 3.8) is 0 Å². The molecule has 1 aromatic carbocycles. The van der Waals surface area contributed by atoms with Crippen LogP contribution in [0.25, 0.3) is 0 Å². The number of carboxylic acid groups (broad SMARTS) is 2. The van der Waals surface area contributed by atoms with Crippen molar-refractivity contribution in [3.05, 3.63) is 29.8 Å². The number of aromatic hydroxyl groups is 1. The molecule has 0 aromatic heterocycles. The summed E-state index contributed by atoms with van der Waals surface area (Å²) in [6.07, 6.45) is 0.